The summed E-state index contributed by atoms with van der Waals surface area (Å²) >= 11 is 1.64. The molecule has 0 N–H and O–H groups in total. The molecular weight excluding hydrogens is 332 g/mol. The predicted octanol–water partition coefficient (Wildman–Crippen LogP) is 2.90. The normalized spacial score (nSPS) is 14.4. The summed E-state index contributed by atoms with van der Waals surface area (Å²) in [7, 11) is 0. The van der Waals surface area contributed by atoms with Crippen LogP contribution >= 0.6 is 11.8 Å². The monoisotopic (exact) mass is 354 g/mol. The molecule has 0 aliphatic carbocycles. The fourth-order valence-corrected chi connectivity index (χ4v) is 3.73. The first-order chi connectivity index (χ1) is 12.2. The molecule has 2 amide bonds. The highest BCUT2D eigenvalue weighted by Crippen LogP contribution is 2.14. The number of hydrogen-bond donors (Lipinski definition) is 0. The van der Waals surface area contributed by atoms with E-state index in [2.05, 4.69) is 12.1 Å². The Kier molecular flexibility index (Phi) is 6.12. The molecule has 0 radical (unpaired) electrons. The van der Waals surface area contributed by atoms with Crippen LogP contribution in [0.5, 0.6) is 0 Å². The summed E-state index contributed by atoms with van der Waals surface area (Å²) in [6.45, 7) is 2.43. The highest BCUT2D eigenvalue weighted by molar-refractivity contribution is 7.99. The molecule has 2 aromatic rings. The van der Waals surface area contributed by atoms with Crippen LogP contribution in [0.2, 0.25) is 0 Å². The van der Waals surface area contributed by atoms with Gasteiger partial charge in [-0.15, -0.1) is 11.8 Å². The van der Waals surface area contributed by atoms with E-state index in [4.69, 9.17) is 0 Å². The third-order valence-corrected chi connectivity index (χ3v) is 5.27. The molecular formula is C20H22N2O2S. The van der Waals surface area contributed by atoms with Gasteiger partial charge in [0.1, 0.15) is 0 Å². The SMILES string of the molecule is O=C(CSCc1ccccc1)N1CCN(C(=O)c2ccccc2)CC1. The number of rotatable bonds is 5. The van der Waals surface area contributed by atoms with E-state index >= 15 is 0 Å². The van der Waals surface area contributed by atoms with E-state index in [0.29, 0.717) is 37.5 Å². The van der Waals surface area contributed by atoms with E-state index in [1.54, 1.807) is 11.8 Å². The van der Waals surface area contributed by atoms with Crippen molar-refractivity contribution in [2.24, 2.45) is 0 Å². The first kappa shape index (κ1) is 17.5. The van der Waals surface area contributed by atoms with Crippen LogP contribution in [0.25, 0.3) is 0 Å². The molecule has 1 aliphatic heterocycles. The molecule has 0 bridgehead atoms. The van der Waals surface area contributed by atoms with Gasteiger partial charge in [0.25, 0.3) is 5.91 Å². The largest absolute Gasteiger partial charge is 0.338 e. The molecule has 1 saturated heterocycles. The zero-order valence-corrected chi connectivity index (χ0v) is 15.0. The molecule has 0 saturated carbocycles. The summed E-state index contributed by atoms with van der Waals surface area (Å²) < 4.78 is 0. The standard InChI is InChI=1S/C20H22N2O2S/c23-19(16-25-15-17-7-3-1-4-8-17)21-11-13-22(14-12-21)20(24)18-9-5-2-6-10-18/h1-10H,11-16H2. The number of amides is 2. The van der Waals surface area contributed by atoms with Gasteiger partial charge in [-0.05, 0) is 17.7 Å². The summed E-state index contributed by atoms with van der Waals surface area (Å²) in [6.07, 6.45) is 0. The van der Waals surface area contributed by atoms with Crippen LogP contribution in [-0.2, 0) is 10.5 Å². The van der Waals surface area contributed by atoms with Gasteiger partial charge in [-0.2, -0.15) is 0 Å². The van der Waals surface area contributed by atoms with E-state index < -0.39 is 0 Å². The fraction of sp³-hybridized carbons (Fsp3) is 0.300. The lowest BCUT2D eigenvalue weighted by atomic mass is 10.2. The Bertz CT molecular complexity index is 698. The van der Waals surface area contributed by atoms with Crippen molar-refractivity contribution in [1.82, 2.24) is 9.80 Å². The van der Waals surface area contributed by atoms with Crippen molar-refractivity contribution < 1.29 is 9.59 Å². The Morgan fingerprint density at radius 3 is 2.00 bits per heavy atom. The van der Waals surface area contributed by atoms with Gasteiger partial charge in [-0.1, -0.05) is 48.5 Å². The van der Waals surface area contributed by atoms with Crippen LogP contribution in [0.4, 0.5) is 0 Å². The lowest BCUT2D eigenvalue weighted by Crippen LogP contribution is -2.51. The summed E-state index contributed by atoms with van der Waals surface area (Å²) in [5.74, 6) is 1.54. The second-order valence-corrected chi connectivity index (χ2v) is 7.00. The van der Waals surface area contributed by atoms with E-state index in [-0.39, 0.29) is 11.8 Å². The Balaban J connectivity index is 1.42. The third-order valence-electron chi connectivity index (χ3n) is 4.28. The summed E-state index contributed by atoms with van der Waals surface area (Å²) in [4.78, 5) is 28.5. The van der Waals surface area contributed by atoms with Crippen LogP contribution in [0.1, 0.15) is 15.9 Å². The summed E-state index contributed by atoms with van der Waals surface area (Å²) in [5, 5.41) is 0. The topological polar surface area (TPSA) is 40.6 Å². The average molecular weight is 354 g/mol. The fourth-order valence-electron chi connectivity index (χ4n) is 2.84. The predicted molar refractivity (Wildman–Crippen MR) is 102 cm³/mol. The third kappa shape index (κ3) is 4.86. The number of carbonyl (C=O) groups is 2. The van der Waals surface area contributed by atoms with E-state index in [1.165, 1.54) is 5.56 Å². The number of piperazine rings is 1. The van der Waals surface area contributed by atoms with Crippen LogP contribution in [0, 0.1) is 0 Å². The lowest BCUT2D eigenvalue weighted by Gasteiger charge is -2.34. The number of hydrogen-bond acceptors (Lipinski definition) is 3. The van der Waals surface area contributed by atoms with Gasteiger partial charge in [-0.25, -0.2) is 0 Å². The lowest BCUT2D eigenvalue weighted by molar-refractivity contribution is -0.129. The van der Waals surface area contributed by atoms with Gasteiger partial charge >= 0.3 is 0 Å². The zero-order valence-electron chi connectivity index (χ0n) is 14.1. The maximum Gasteiger partial charge on any atom is 0.253 e. The molecule has 4 nitrogen and oxygen atoms in total. The highest BCUT2D eigenvalue weighted by atomic mass is 32.2. The molecule has 130 valence electrons. The molecule has 1 fully saturated rings. The Morgan fingerprint density at radius 1 is 0.800 bits per heavy atom. The van der Waals surface area contributed by atoms with Crippen LogP contribution in [0.15, 0.2) is 60.7 Å². The first-order valence-corrected chi connectivity index (χ1v) is 9.63. The van der Waals surface area contributed by atoms with E-state index in [9.17, 15) is 9.59 Å². The van der Waals surface area contributed by atoms with Crippen molar-refractivity contribution in [3.63, 3.8) is 0 Å². The molecule has 1 aliphatic rings. The zero-order chi connectivity index (χ0) is 17.5. The first-order valence-electron chi connectivity index (χ1n) is 8.48. The molecule has 1 heterocycles. The summed E-state index contributed by atoms with van der Waals surface area (Å²) in [5.41, 5.74) is 1.94. The van der Waals surface area contributed by atoms with Crippen molar-refractivity contribution in [1.29, 1.82) is 0 Å². The van der Waals surface area contributed by atoms with Gasteiger partial charge in [0, 0.05) is 37.5 Å². The molecule has 3 rings (SSSR count). The van der Waals surface area contributed by atoms with Crippen molar-refractivity contribution >= 4 is 23.6 Å². The quantitative estimate of drug-likeness (QED) is 0.829. The number of benzene rings is 2. The van der Waals surface area contributed by atoms with Crippen LogP contribution in [-0.4, -0.2) is 53.5 Å². The Labute approximate surface area is 152 Å². The Morgan fingerprint density at radius 2 is 1.36 bits per heavy atom. The number of carbonyl (C=O) groups excluding carboxylic acids is 2. The van der Waals surface area contributed by atoms with E-state index in [0.717, 1.165) is 5.75 Å². The number of thioether (sulfide) groups is 1. The van der Waals surface area contributed by atoms with Gasteiger partial charge in [0.05, 0.1) is 5.75 Å². The van der Waals surface area contributed by atoms with Gasteiger partial charge in [0.15, 0.2) is 0 Å². The van der Waals surface area contributed by atoms with Gasteiger partial charge in [-0.3, -0.25) is 9.59 Å². The van der Waals surface area contributed by atoms with E-state index in [1.807, 2.05) is 58.3 Å². The molecule has 0 aromatic heterocycles. The van der Waals surface area contributed by atoms with Crippen molar-refractivity contribution in [3.8, 4) is 0 Å². The second kappa shape index (κ2) is 8.72. The summed E-state index contributed by atoms with van der Waals surface area (Å²) in [6, 6.07) is 19.5. The maximum atomic E-state index is 12.4. The van der Waals surface area contributed by atoms with Crippen molar-refractivity contribution in [2.45, 2.75) is 5.75 Å². The second-order valence-electron chi connectivity index (χ2n) is 6.02. The van der Waals surface area contributed by atoms with Crippen LogP contribution in [0.3, 0.4) is 0 Å². The molecule has 0 spiro atoms. The minimum atomic E-state index is 0.0474. The van der Waals surface area contributed by atoms with Gasteiger partial charge < -0.3 is 9.80 Å². The molecule has 2 aromatic carbocycles. The van der Waals surface area contributed by atoms with Crippen LogP contribution < -0.4 is 0 Å². The molecule has 0 unspecified atom stereocenters. The molecule has 0 atom stereocenters. The minimum absolute atomic E-state index is 0.0474. The smallest absolute Gasteiger partial charge is 0.253 e. The molecule has 5 heteroatoms. The van der Waals surface area contributed by atoms with Crippen molar-refractivity contribution in [3.05, 3.63) is 71.8 Å². The van der Waals surface area contributed by atoms with Crippen molar-refractivity contribution in [2.75, 3.05) is 31.9 Å². The number of nitrogens with zero attached hydrogens (tertiary/aromatic N) is 2. The maximum absolute atomic E-state index is 12.4. The Hall–Kier alpha value is -2.27. The molecule has 25 heavy (non-hydrogen) atoms. The van der Waals surface area contributed by atoms with Gasteiger partial charge in [0.2, 0.25) is 5.91 Å². The highest BCUT2D eigenvalue weighted by Gasteiger charge is 2.24. The minimum Gasteiger partial charge on any atom is -0.338 e. The average Bonchev–Trinajstić information content (AvgIpc) is 2.69.